The Labute approximate surface area is 117 Å². The molecule has 0 bridgehead atoms. The van der Waals surface area contributed by atoms with Gasteiger partial charge in [-0.05, 0) is 38.0 Å². The summed E-state index contributed by atoms with van der Waals surface area (Å²) < 4.78 is 13.2. The van der Waals surface area contributed by atoms with Crippen LogP contribution in [0.15, 0.2) is 24.3 Å². The normalized spacial score (nSPS) is 14.3. The van der Waals surface area contributed by atoms with E-state index in [1.165, 1.54) is 44.6 Å². The van der Waals surface area contributed by atoms with Crippen LogP contribution in [-0.2, 0) is 0 Å². The predicted molar refractivity (Wildman–Crippen MR) is 80.8 cm³/mol. The molecule has 0 aliphatic carbocycles. The fourth-order valence-electron chi connectivity index (χ4n) is 2.44. The molecular weight excluding hydrogens is 237 g/mol. The third-order valence-corrected chi connectivity index (χ3v) is 3.62. The van der Waals surface area contributed by atoms with Crippen molar-refractivity contribution in [3.05, 3.63) is 35.6 Å². The first-order valence-corrected chi connectivity index (χ1v) is 7.65. The fourth-order valence-corrected chi connectivity index (χ4v) is 2.44. The lowest BCUT2D eigenvalue weighted by atomic mass is 10.0. The van der Waals surface area contributed by atoms with Crippen molar-refractivity contribution in [3.8, 4) is 0 Å². The van der Waals surface area contributed by atoms with Crippen molar-refractivity contribution in [2.45, 2.75) is 71.4 Å². The summed E-state index contributed by atoms with van der Waals surface area (Å²) in [5, 5.41) is 3.55. The van der Waals surface area contributed by atoms with E-state index in [4.69, 9.17) is 0 Å². The number of hydrogen-bond acceptors (Lipinski definition) is 1. The average molecular weight is 265 g/mol. The van der Waals surface area contributed by atoms with Crippen LogP contribution >= 0.6 is 0 Å². The van der Waals surface area contributed by atoms with Gasteiger partial charge in [-0.2, -0.15) is 0 Å². The minimum absolute atomic E-state index is 0.154. The van der Waals surface area contributed by atoms with Crippen LogP contribution in [0.1, 0.15) is 70.9 Å². The zero-order chi connectivity index (χ0) is 14.1. The first-order valence-electron chi connectivity index (χ1n) is 7.65. The summed E-state index contributed by atoms with van der Waals surface area (Å²) in [5.41, 5.74) is 1.03. The maximum Gasteiger partial charge on any atom is 0.123 e. The molecule has 0 amide bonds. The highest BCUT2D eigenvalue weighted by Crippen LogP contribution is 2.15. The Hall–Kier alpha value is -0.890. The summed E-state index contributed by atoms with van der Waals surface area (Å²) in [5.74, 6) is -0.154. The highest BCUT2D eigenvalue weighted by atomic mass is 19.1. The molecule has 1 unspecified atom stereocenters. The van der Waals surface area contributed by atoms with E-state index in [1.54, 1.807) is 12.1 Å². The first-order chi connectivity index (χ1) is 9.13. The van der Waals surface area contributed by atoms with E-state index < -0.39 is 0 Å². The topological polar surface area (TPSA) is 12.0 Å². The number of halogens is 1. The largest absolute Gasteiger partial charge is 0.308 e. The summed E-state index contributed by atoms with van der Waals surface area (Å²) >= 11 is 0. The first kappa shape index (κ1) is 16.2. The van der Waals surface area contributed by atoms with Crippen LogP contribution in [0.2, 0.25) is 0 Å². The summed E-state index contributed by atoms with van der Waals surface area (Å²) in [7, 11) is 0. The van der Waals surface area contributed by atoms with Gasteiger partial charge in [0.15, 0.2) is 0 Å². The van der Waals surface area contributed by atoms with Crippen molar-refractivity contribution in [1.82, 2.24) is 5.32 Å². The van der Waals surface area contributed by atoms with Crippen LogP contribution in [-0.4, -0.2) is 6.04 Å². The maximum absolute atomic E-state index is 13.2. The lowest BCUT2D eigenvalue weighted by molar-refractivity contribution is 0.435. The summed E-state index contributed by atoms with van der Waals surface area (Å²) in [6.07, 6.45) is 7.80. The summed E-state index contributed by atoms with van der Waals surface area (Å²) in [4.78, 5) is 0. The molecule has 19 heavy (non-hydrogen) atoms. The lowest BCUT2D eigenvalue weighted by Crippen LogP contribution is -2.28. The highest BCUT2D eigenvalue weighted by molar-refractivity contribution is 5.19. The van der Waals surface area contributed by atoms with Crippen molar-refractivity contribution >= 4 is 0 Å². The van der Waals surface area contributed by atoms with Gasteiger partial charge in [-0.3, -0.25) is 0 Å². The van der Waals surface area contributed by atoms with Crippen LogP contribution in [0.3, 0.4) is 0 Å². The second kappa shape index (κ2) is 9.08. The molecule has 0 aliphatic heterocycles. The Balaban J connectivity index is 2.26. The second-order valence-electron chi connectivity index (χ2n) is 5.55. The van der Waals surface area contributed by atoms with Gasteiger partial charge in [0.25, 0.3) is 0 Å². The van der Waals surface area contributed by atoms with Gasteiger partial charge >= 0.3 is 0 Å². The van der Waals surface area contributed by atoms with Crippen LogP contribution in [0, 0.1) is 5.82 Å². The molecule has 0 spiro atoms. The Bertz CT molecular complexity index is 351. The maximum atomic E-state index is 13.2. The average Bonchev–Trinajstić information content (AvgIpc) is 2.38. The molecule has 0 radical (unpaired) electrons. The lowest BCUT2D eigenvalue weighted by Gasteiger charge is -2.20. The van der Waals surface area contributed by atoms with Crippen LogP contribution in [0.25, 0.3) is 0 Å². The van der Waals surface area contributed by atoms with Crippen molar-refractivity contribution in [3.63, 3.8) is 0 Å². The molecule has 1 aromatic rings. The molecule has 0 aliphatic rings. The predicted octanol–water partition coefficient (Wildman–Crippen LogP) is 5.23. The van der Waals surface area contributed by atoms with Crippen molar-refractivity contribution in [2.24, 2.45) is 0 Å². The van der Waals surface area contributed by atoms with E-state index in [1.807, 2.05) is 6.07 Å². The summed E-state index contributed by atoms with van der Waals surface area (Å²) in [6, 6.07) is 7.56. The molecule has 1 aromatic carbocycles. The second-order valence-corrected chi connectivity index (χ2v) is 5.55. The van der Waals surface area contributed by atoms with Gasteiger partial charge in [0.05, 0.1) is 0 Å². The smallest absolute Gasteiger partial charge is 0.123 e. The van der Waals surface area contributed by atoms with Crippen LogP contribution < -0.4 is 5.32 Å². The highest BCUT2D eigenvalue weighted by Gasteiger charge is 2.09. The minimum Gasteiger partial charge on any atom is -0.308 e. The van der Waals surface area contributed by atoms with Crippen molar-refractivity contribution in [2.75, 3.05) is 0 Å². The molecule has 1 nitrogen and oxygen atoms in total. The molecular formula is C17H28FN. The molecule has 0 saturated carbocycles. The van der Waals surface area contributed by atoms with Gasteiger partial charge in [0, 0.05) is 12.1 Å². The third-order valence-electron chi connectivity index (χ3n) is 3.62. The van der Waals surface area contributed by atoms with E-state index in [-0.39, 0.29) is 11.9 Å². The zero-order valence-corrected chi connectivity index (χ0v) is 12.6. The molecule has 2 heteroatoms. The SMILES string of the molecule is CCCCCCCC(C)N[C@H](C)c1cccc(F)c1. The summed E-state index contributed by atoms with van der Waals surface area (Å²) in [6.45, 7) is 6.56. The Kier molecular flexibility index (Phi) is 7.73. The van der Waals surface area contributed by atoms with E-state index >= 15 is 0 Å². The Morgan fingerprint density at radius 2 is 1.84 bits per heavy atom. The monoisotopic (exact) mass is 265 g/mol. The van der Waals surface area contributed by atoms with Gasteiger partial charge in [0.2, 0.25) is 0 Å². The standard InChI is InChI=1S/C17H28FN/c1-4-5-6-7-8-10-14(2)19-15(3)16-11-9-12-17(18)13-16/h9,11-15,19H,4-8,10H2,1-3H3/t14?,15-/m1/s1. The van der Waals surface area contributed by atoms with Crippen LogP contribution in [0.4, 0.5) is 4.39 Å². The molecule has 108 valence electrons. The minimum atomic E-state index is -0.154. The van der Waals surface area contributed by atoms with Crippen molar-refractivity contribution in [1.29, 1.82) is 0 Å². The number of hydrogen-bond donors (Lipinski definition) is 1. The number of unbranched alkanes of at least 4 members (excludes halogenated alkanes) is 4. The van der Waals surface area contributed by atoms with Crippen LogP contribution in [0.5, 0.6) is 0 Å². The molecule has 0 heterocycles. The Morgan fingerprint density at radius 1 is 1.11 bits per heavy atom. The fraction of sp³-hybridized carbons (Fsp3) is 0.647. The zero-order valence-electron chi connectivity index (χ0n) is 12.6. The molecule has 1 rings (SSSR count). The van der Waals surface area contributed by atoms with Crippen molar-refractivity contribution < 1.29 is 4.39 Å². The molecule has 0 saturated heterocycles. The van der Waals surface area contributed by atoms with E-state index in [0.717, 1.165) is 5.56 Å². The number of benzene rings is 1. The quantitative estimate of drug-likeness (QED) is 0.603. The van der Waals surface area contributed by atoms with E-state index in [2.05, 4.69) is 26.1 Å². The van der Waals surface area contributed by atoms with Gasteiger partial charge in [-0.15, -0.1) is 0 Å². The Morgan fingerprint density at radius 3 is 2.53 bits per heavy atom. The van der Waals surface area contributed by atoms with E-state index in [0.29, 0.717) is 6.04 Å². The molecule has 2 atom stereocenters. The molecule has 0 aromatic heterocycles. The molecule has 0 fully saturated rings. The number of rotatable bonds is 9. The van der Waals surface area contributed by atoms with Gasteiger partial charge in [-0.1, -0.05) is 51.2 Å². The van der Waals surface area contributed by atoms with Gasteiger partial charge in [0.1, 0.15) is 5.82 Å². The molecule has 1 N–H and O–H groups in total. The number of nitrogens with one attached hydrogen (secondary N) is 1. The van der Waals surface area contributed by atoms with E-state index in [9.17, 15) is 4.39 Å². The van der Waals surface area contributed by atoms with Gasteiger partial charge < -0.3 is 5.32 Å². The van der Waals surface area contributed by atoms with Gasteiger partial charge in [-0.25, -0.2) is 4.39 Å². The third kappa shape index (κ3) is 6.72.